The van der Waals surface area contributed by atoms with Crippen LogP contribution in [-0.2, 0) is 6.54 Å². The van der Waals surface area contributed by atoms with Crippen LogP contribution in [0, 0.1) is 12.3 Å². The predicted molar refractivity (Wildman–Crippen MR) is 78.1 cm³/mol. The number of hydrogen-bond acceptors (Lipinski definition) is 2. The second kappa shape index (κ2) is 5.66. The highest BCUT2D eigenvalue weighted by atomic mass is 15.3. The number of hydrogen-bond donors (Lipinski definition) is 1. The zero-order chi connectivity index (χ0) is 13.1. The summed E-state index contributed by atoms with van der Waals surface area (Å²) in [5.41, 5.74) is 2.01. The number of aromatic nitrogens is 2. The smallest absolute Gasteiger partial charge is 0.0534 e. The standard InChI is InChI=1S/C16H27N3/c1-14-12-18-19(13-14)11-10-17-15-4-8-16(9-5-15)6-2-3-7-16/h12-13,15,17H,2-11H2,1H3. The minimum atomic E-state index is 0.753. The second-order valence-electron chi connectivity index (χ2n) is 6.72. The molecule has 0 aliphatic heterocycles. The molecule has 0 amide bonds. The minimum absolute atomic E-state index is 0.753. The van der Waals surface area contributed by atoms with Gasteiger partial charge in [-0.05, 0) is 56.4 Å². The van der Waals surface area contributed by atoms with Crippen LogP contribution in [0.15, 0.2) is 12.4 Å². The largest absolute Gasteiger partial charge is 0.312 e. The van der Waals surface area contributed by atoms with Gasteiger partial charge in [0.15, 0.2) is 0 Å². The van der Waals surface area contributed by atoms with Gasteiger partial charge in [0.1, 0.15) is 0 Å². The lowest BCUT2D eigenvalue weighted by Gasteiger charge is -2.37. The Morgan fingerprint density at radius 1 is 1.26 bits per heavy atom. The van der Waals surface area contributed by atoms with Crippen molar-refractivity contribution in [2.75, 3.05) is 6.54 Å². The van der Waals surface area contributed by atoms with Crippen molar-refractivity contribution in [3.63, 3.8) is 0 Å². The fourth-order valence-electron chi connectivity index (χ4n) is 4.03. The quantitative estimate of drug-likeness (QED) is 0.901. The van der Waals surface area contributed by atoms with E-state index in [4.69, 9.17) is 0 Å². The molecule has 0 aromatic carbocycles. The average molecular weight is 261 g/mol. The Balaban J connectivity index is 1.38. The molecule has 2 saturated carbocycles. The van der Waals surface area contributed by atoms with Crippen LogP contribution >= 0.6 is 0 Å². The third kappa shape index (κ3) is 3.19. The summed E-state index contributed by atoms with van der Waals surface area (Å²) in [6, 6.07) is 0.753. The van der Waals surface area contributed by atoms with E-state index in [1.165, 1.54) is 56.9 Å². The summed E-state index contributed by atoms with van der Waals surface area (Å²) in [6.07, 6.45) is 15.7. The molecule has 1 aromatic heterocycles. The average Bonchev–Trinajstić information content (AvgIpc) is 3.02. The summed E-state index contributed by atoms with van der Waals surface area (Å²) in [7, 11) is 0. The highest BCUT2D eigenvalue weighted by molar-refractivity contribution is 4.99. The minimum Gasteiger partial charge on any atom is -0.312 e. The van der Waals surface area contributed by atoms with Crippen molar-refractivity contribution in [3.8, 4) is 0 Å². The summed E-state index contributed by atoms with van der Waals surface area (Å²) in [4.78, 5) is 0. The van der Waals surface area contributed by atoms with Crippen LogP contribution in [0.4, 0.5) is 0 Å². The molecule has 0 radical (unpaired) electrons. The zero-order valence-electron chi connectivity index (χ0n) is 12.2. The Hall–Kier alpha value is -0.830. The molecule has 3 rings (SSSR count). The molecule has 3 heteroatoms. The van der Waals surface area contributed by atoms with Gasteiger partial charge in [-0.3, -0.25) is 4.68 Å². The van der Waals surface area contributed by atoms with Crippen molar-refractivity contribution >= 4 is 0 Å². The van der Waals surface area contributed by atoms with E-state index >= 15 is 0 Å². The molecular weight excluding hydrogens is 234 g/mol. The van der Waals surface area contributed by atoms with E-state index in [0.29, 0.717) is 0 Å². The molecule has 106 valence electrons. The summed E-state index contributed by atoms with van der Waals surface area (Å²) < 4.78 is 2.05. The first kappa shape index (κ1) is 13.2. The lowest BCUT2D eigenvalue weighted by atomic mass is 9.71. The van der Waals surface area contributed by atoms with Crippen LogP contribution in [0.2, 0.25) is 0 Å². The van der Waals surface area contributed by atoms with E-state index in [0.717, 1.165) is 24.5 Å². The van der Waals surface area contributed by atoms with Gasteiger partial charge in [-0.25, -0.2) is 0 Å². The maximum atomic E-state index is 4.33. The number of nitrogens with zero attached hydrogens (tertiary/aromatic N) is 2. The van der Waals surface area contributed by atoms with Gasteiger partial charge in [-0.15, -0.1) is 0 Å². The molecule has 3 nitrogen and oxygen atoms in total. The SMILES string of the molecule is Cc1cnn(CCNC2CCC3(CCCC3)CC2)c1. The molecule has 1 aromatic rings. The lowest BCUT2D eigenvalue weighted by molar-refractivity contribution is 0.168. The van der Waals surface area contributed by atoms with Crippen molar-refractivity contribution in [1.29, 1.82) is 0 Å². The normalized spacial score (nSPS) is 23.2. The van der Waals surface area contributed by atoms with Crippen LogP contribution < -0.4 is 5.32 Å². The van der Waals surface area contributed by atoms with Crippen molar-refractivity contribution in [3.05, 3.63) is 18.0 Å². The van der Waals surface area contributed by atoms with Gasteiger partial charge in [0.05, 0.1) is 12.7 Å². The Kier molecular flexibility index (Phi) is 3.92. The first-order valence-electron chi connectivity index (χ1n) is 7.98. The number of aryl methyl sites for hydroxylation is 1. The van der Waals surface area contributed by atoms with Crippen molar-refractivity contribution in [2.24, 2.45) is 5.41 Å². The number of rotatable bonds is 4. The topological polar surface area (TPSA) is 29.9 Å². The molecule has 1 N–H and O–H groups in total. The molecule has 1 heterocycles. The van der Waals surface area contributed by atoms with E-state index in [-0.39, 0.29) is 0 Å². The maximum Gasteiger partial charge on any atom is 0.0534 e. The molecule has 0 saturated heterocycles. The van der Waals surface area contributed by atoms with Crippen LogP contribution in [0.5, 0.6) is 0 Å². The summed E-state index contributed by atoms with van der Waals surface area (Å²) in [5, 5.41) is 8.06. The highest BCUT2D eigenvalue weighted by Gasteiger charge is 2.37. The Labute approximate surface area is 116 Å². The van der Waals surface area contributed by atoms with E-state index in [1.807, 2.05) is 10.9 Å². The van der Waals surface area contributed by atoms with Crippen molar-refractivity contribution in [2.45, 2.75) is 70.9 Å². The van der Waals surface area contributed by atoms with E-state index in [9.17, 15) is 0 Å². The summed E-state index contributed by atoms with van der Waals surface area (Å²) >= 11 is 0. The molecule has 19 heavy (non-hydrogen) atoms. The first-order valence-corrected chi connectivity index (χ1v) is 7.98. The van der Waals surface area contributed by atoms with Gasteiger partial charge in [-0.1, -0.05) is 12.8 Å². The molecule has 0 atom stereocenters. The van der Waals surface area contributed by atoms with Gasteiger partial charge in [0, 0.05) is 18.8 Å². The van der Waals surface area contributed by atoms with Crippen LogP contribution in [-0.4, -0.2) is 22.4 Å². The summed E-state index contributed by atoms with van der Waals surface area (Å²) in [5.74, 6) is 0. The lowest BCUT2D eigenvalue weighted by Crippen LogP contribution is -2.38. The Bertz CT molecular complexity index is 394. The molecule has 2 aliphatic rings. The second-order valence-corrected chi connectivity index (χ2v) is 6.72. The van der Waals surface area contributed by atoms with Crippen LogP contribution in [0.25, 0.3) is 0 Å². The van der Waals surface area contributed by atoms with Crippen LogP contribution in [0.1, 0.15) is 56.9 Å². The number of nitrogens with one attached hydrogen (secondary N) is 1. The van der Waals surface area contributed by atoms with Gasteiger partial charge in [0.2, 0.25) is 0 Å². The van der Waals surface area contributed by atoms with Crippen LogP contribution in [0.3, 0.4) is 0 Å². The predicted octanol–water partition coefficient (Wildman–Crippen LogP) is 3.28. The molecule has 2 aliphatic carbocycles. The molecule has 1 spiro atoms. The van der Waals surface area contributed by atoms with Crippen molar-refractivity contribution < 1.29 is 0 Å². The zero-order valence-corrected chi connectivity index (χ0v) is 12.2. The first-order chi connectivity index (χ1) is 9.26. The van der Waals surface area contributed by atoms with Gasteiger partial charge >= 0.3 is 0 Å². The van der Waals surface area contributed by atoms with E-state index < -0.39 is 0 Å². The summed E-state index contributed by atoms with van der Waals surface area (Å²) in [6.45, 7) is 4.15. The fraction of sp³-hybridized carbons (Fsp3) is 0.812. The molecule has 0 unspecified atom stereocenters. The monoisotopic (exact) mass is 261 g/mol. The Morgan fingerprint density at radius 3 is 2.63 bits per heavy atom. The molecular formula is C16H27N3. The molecule has 2 fully saturated rings. The van der Waals surface area contributed by atoms with E-state index in [1.54, 1.807) is 0 Å². The Morgan fingerprint density at radius 2 is 2.00 bits per heavy atom. The maximum absolute atomic E-state index is 4.33. The van der Waals surface area contributed by atoms with Gasteiger partial charge in [0.25, 0.3) is 0 Å². The molecule has 0 bridgehead atoms. The third-order valence-corrected chi connectivity index (χ3v) is 5.25. The van der Waals surface area contributed by atoms with Gasteiger partial charge in [-0.2, -0.15) is 5.10 Å². The van der Waals surface area contributed by atoms with E-state index in [2.05, 4.69) is 23.5 Å². The fourth-order valence-corrected chi connectivity index (χ4v) is 4.03. The van der Waals surface area contributed by atoms with Crippen molar-refractivity contribution in [1.82, 2.24) is 15.1 Å². The third-order valence-electron chi connectivity index (χ3n) is 5.25. The highest BCUT2D eigenvalue weighted by Crippen LogP contribution is 2.48. The van der Waals surface area contributed by atoms with Gasteiger partial charge < -0.3 is 5.32 Å².